The number of carbonyl (C=O) groups is 4. The van der Waals surface area contributed by atoms with Crippen molar-refractivity contribution in [3.63, 3.8) is 0 Å². The van der Waals surface area contributed by atoms with E-state index in [1.807, 2.05) is 0 Å². The smallest absolute Gasteiger partial charge is 0.337 e. The molecule has 2 amide bonds. The largest absolute Gasteiger partial charge is 0.465 e. The monoisotopic (exact) mass is 309 g/mol. The molecule has 0 bridgehead atoms. The third-order valence-corrected chi connectivity index (χ3v) is 3.61. The van der Waals surface area contributed by atoms with E-state index >= 15 is 0 Å². The predicted molar refractivity (Wildman–Crippen MR) is 80.8 cm³/mol. The van der Waals surface area contributed by atoms with Crippen molar-refractivity contribution in [3.8, 4) is 0 Å². The Balaban J connectivity index is 2.10. The fraction of sp³-hybridized carbons (Fsp3) is 0.0588. The number of esters is 1. The highest BCUT2D eigenvalue weighted by molar-refractivity contribution is 6.35. The average molecular weight is 309 g/mol. The van der Waals surface area contributed by atoms with Gasteiger partial charge < -0.3 is 4.74 Å². The minimum Gasteiger partial charge on any atom is -0.465 e. The first-order valence-electron chi connectivity index (χ1n) is 6.74. The van der Waals surface area contributed by atoms with E-state index in [9.17, 15) is 19.2 Å². The Labute approximate surface area is 131 Å². The molecular weight excluding hydrogens is 298 g/mol. The number of aldehydes is 1. The zero-order valence-electron chi connectivity index (χ0n) is 12.1. The Bertz CT molecular complexity index is 821. The van der Waals surface area contributed by atoms with Crippen LogP contribution in [-0.4, -0.2) is 31.2 Å². The Morgan fingerprint density at radius 2 is 1.65 bits per heavy atom. The average Bonchev–Trinajstić information content (AvgIpc) is 2.85. The Morgan fingerprint density at radius 3 is 2.17 bits per heavy atom. The number of amides is 2. The molecule has 114 valence electrons. The third-order valence-electron chi connectivity index (χ3n) is 3.61. The topological polar surface area (TPSA) is 80.8 Å². The molecule has 2 aromatic carbocycles. The Hall–Kier alpha value is -3.28. The zero-order chi connectivity index (χ0) is 16.6. The van der Waals surface area contributed by atoms with Gasteiger partial charge in [-0.25, -0.2) is 9.69 Å². The van der Waals surface area contributed by atoms with Gasteiger partial charge in [0.2, 0.25) is 0 Å². The lowest BCUT2D eigenvalue weighted by Gasteiger charge is -2.16. The van der Waals surface area contributed by atoms with E-state index in [1.54, 1.807) is 24.3 Å². The van der Waals surface area contributed by atoms with Gasteiger partial charge in [-0.05, 0) is 30.3 Å². The summed E-state index contributed by atoms with van der Waals surface area (Å²) in [5.74, 6) is -1.61. The molecule has 0 radical (unpaired) electrons. The lowest BCUT2D eigenvalue weighted by atomic mass is 10.1. The van der Waals surface area contributed by atoms with E-state index in [0.29, 0.717) is 6.29 Å². The zero-order valence-corrected chi connectivity index (χ0v) is 12.1. The number of methoxy groups -OCH3 is 1. The molecule has 3 rings (SSSR count). The van der Waals surface area contributed by atoms with Gasteiger partial charge in [-0.2, -0.15) is 0 Å². The molecular formula is C17H11NO5. The van der Waals surface area contributed by atoms with E-state index in [1.165, 1.54) is 25.3 Å². The molecule has 1 aliphatic heterocycles. The molecule has 0 saturated carbocycles. The number of anilines is 1. The number of fused-ring (bicyclic) bond motifs is 1. The van der Waals surface area contributed by atoms with Crippen LogP contribution in [0.15, 0.2) is 42.5 Å². The van der Waals surface area contributed by atoms with Crippen molar-refractivity contribution in [1.82, 2.24) is 0 Å². The molecule has 0 unspecified atom stereocenters. The van der Waals surface area contributed by atoms with Crippen LogP contribution in [0, 0.1) is 0 Å². The molecule has 1 heterocycles. The highest BCUT2D eigenvalue weighted by atomic mass is 16.5. The lowest BCUT2D eigenvalue weighted by molar-refractivity contribution is 0.0600. The molecule has 0 spiro atoms. The number of hydrogen-bond acceptors (Lipinski definition) is 5. The van der Waals surface area contributed by atoms with Crippen LogP contribution in [-0.2, 0) is 4.74 Å². The highest BCUT2D eigenvalue weighted by Gasteiger charge is 2.37. The van der Waals surface area contributed by atoms with Gasteiger partial charge in [0.15, 0.2) is 6.29 Å². The van der Waals surface area contributed by atoms with Gasteiger partial charge >= 0.3 is 5.97 Å². The first-order valence-corrected chi connectivity index (χ1v) is 6.74. The number of ether oxygens (including phenoxy) is 1. The second-order valence-electron chi connectivity index (χ2n) is 4.87. The number of nitrogens with zero attached hydrogens (tertiary/aromatic N) is 1. The van der Waals surface area contributed by atoms with Crippen LogP contribution in [0.1, 0.15) is 41.4 Å². The minimum atomic E-state index is -0.609. The number of carbonyl (C=O) groups excluding carboxylic acids is 4. The predicted octanol–water partition coefficient (Wildman–Crippen LogP) is 2.09. The summed E-state index contributed by atoms with van der Waals surface area (Å²) >= 11 is 0. The Morgan fingerprint density at radius 1 is 1.04 bits per heavy atom. The van der Waals surface area contributed by atoms with Crippen molar-refractivity contribution < 1.29 is 23.9 Å². The van der Waals surface area contributed by atoms with Crippen molar-refractivity contribution >= 4 is 29.8 Å². The molecule has 0 fully saturated rings. The maximum Gasteiger partial charge on any atom is 0.337 e. The molecule has 0 atom stereocenters. The summed E-state index contributed by atoms with van der Waals surface area (Å²) in [6, 6.07) is 10.5. The van der Waals surface area contributed by atoms with Crippen molar-refractivity contribution in [1.29, 1.82) is 0 Å². The van der Waals surface area contributed by atoms with Crippen LogP contribution in [0.25, 0.3) is 0 Å². The fourth-order valence-corrected chi connectivity index (χ4v) is 2.51. The van der Waals surface area contributed by atoms with Crippen LogP contribution in [0.5, 0.6) is 0 Å². The molecule has 6 nitrogen and oxygen atoms in total. The molecule has 2 aromatic rings. The maximum absolute atomic E-state index is 12.4. The van der Waals surface area contributed by atoms with E-state index in [2.05, 4.69) is 4.74 Å². The fourth-order valence-electron chi connectivity index (χ4n) is 2.51. The first-order chi connectivity index (χ1) is 11.1. The number of imide groups is 1. The van der Waals surface area contributed by atoms with Gasteiger partial charge in [-0.15, -0.1) is 0 Å². The highest BCUT2D eigenvalue weighted by Crippen LogP contribution is 2.30. The number of benzene rings is 2. The van der Waals surface area contributed by atoms with Gasteiger partial charge in [0.25, 0.3) is 11.8 Å². The van der Waals surface area contributed by atoms with Crippen LogP contribution < -0.4 is 4.90 Å². The summed E-state index contributed by atoms with van der Waals surface area (Å²) in [7, 11) is 1.22. The summed E-state index contributed by atoms with van der Waals surface area (Å²) in [5.41, 5.74) is 0.925. The molecule has 0 N–H and O–H groups in total. The van der Waals surface area contributed by atoms with Gasteiger partial charge in [0.05, 0.1) is 29.5 Å². The number of hydrogen-bond donors (Lipinski definition) is 0. The molecule has 0 saturated heterocycles. The van der Waals surface area contributed by atoms with Gasteiger partial charge in [0, 0.05) is 5.56 Å². The van der Waals surface area contributed by atoms with Crippen molar-refractivity contribution in [2.24, 2.45) is 0 Å². The molecule has 1 aliphatic rings. The second-order valence-corrected chi connectivity index (χ2v) is 4.87. The van der Waals surface area contributed by atoms with E-state index in [0.717, 1.165) is 4.90 Å². The summed E-state index contributed by atoms with van der Waals surface area (Å²) in [4.78, 5) is 48.7. The van der Waals surface area contributed by atoms with Crippen LogP contribution in [0.2, 0.25) is 0 Å². The van der Waals surface area contributed by atoms with Gasteiger partial charge in [-0.3, -0.25) is 14.4 Å². The third kappa shape index (κ3) is 2.20. The van der Waals surface area contributed by atoms with Crippen LogP contribution >= 0.6 is 0 Å². The summed E-state index contributed by atoms with van der Waals surface area (Å²) in [6.07, 6.45) is 0.491. The van der Waals surface area contributed by atoms with E-state index in [4.69, 9.17) is 0 Å². The van der Waals surface area contributed by atoms with Crippen molar-refractivity contribution in [3.05, 3.63) is 64.7 Å². The molecule has 0 aromatic heterocycles. The van der Waals surface area contributed by atoms with Crippen LogP contribution in [0.4, 0.5) is 5.69 Å². The summed E-state index contributed by atoms with van der Waals surface area (Å²) in [6.45, 7) is 0. The Kier molecular flexibility index (Phi) is 3.50. The van der Waals surface area contributed by atoms with Gasteiger partial charge in [0.1, 0.15) is 0 Å². The molecule has 6 heteroatoms. The SMILES string of the molecule is COC(=O)c1ccc(N2C(=O)c3ccccc3C2=O)c(C=O)c1. The van der Waals surface area contributed by atoms with Gasteiger partial charge in [-0.1, -0.05) is 12.1 Å². The summed E-state index contributed by atoms with van der Waals surface area (Å²) in [5, 5.41) is 0. The van der Waals surface area contributed by atoms with E-state index < -0.39 is 17.8 Å². The van der Waals surface area contributed by atoms with Crippen molar-refractivity contribution in [2.45, 2.75) is 0 Å². The first kappa shape index (κ1) is 14.6. The minimum absolute atomic E-state index is 0.0578. The summed E-state index contributed by atoms with van der Waals surface area (Å²) < 4.78 is 4.59. The standard InChI is InChI=1S/C17H11NO5/c1-23-17(22)10-6-7-14(11(8-10)9-19)18-15(20)12-4-2-3-5-13(12)16(18)21/h2-9H,1H3. The maximum atomic E-state index is 12.4. The van der Waals surface area contributed by atoms with Crippen molar-refractivity contribution in [2.75, 3.05) is 12.0 Å². The molecule has 23 heavy (non-hydrogen) atoms. The van der Waals surface area contributed by atoms with E-state index in [-0.39, 0.29) is 27.9 Å². The lowest BCUT2D eigenvalue weighted by Crippen LogP contribution is -2.30. The normalized spacial score (nSPS) is 13.0. The number of rotatable bonds is 3. The van der Waals surface area contributed by atoms with Crippen LogP contribution in [0.3, 0.4) is 0 Å². The second kappa shape index (κ2) is 5.49. The molecule has 0 aliphatic carbocycles. The quantitative estimate of drug-likeness (QED) is 0.492.